The molecule has 7 nitrogen and oxygen atoms in total. The molecule has 0 saturated heterocycles. The lowest BCUT2D eigenvalue weighted by molar-refractivity contribution is 0.0563. The minimum absolute atomic E-state index is 0.0451. The van der Waals surface area contributed by atoms with Crippen LogP contribution in [0.4, 0.5) is 0 Å². The Bertz CT molecular complexity index is 1230. The van der Waals surface area contributed by atoms with Gasteiger partial charge in [0.2, 0.25) is 10.0 Å². The summed E-state index contributed by atoms with van der Waals surface area (Å²) in [6, 6.07) is 13.3. The van der Waals surface area contributed by atoms with Gasteiger partial charge < -0.3 is 14.7 Å². The number of likely N-dealkylation sites (N-methyl/N-ethyl adjacent to an activating group) is 1. The first-order valence-corrected chi connectivity index (χ1v) is 13.4. The molecular formula is C27H32N2O5S. The number of fused-ring (bicyclic) bond motifs is 1. The van der Waals surface area contributed by atoms with Crippen LogP contribution in [0.2, 0.25) is 0 Å². The molecule has 1 saturated carbocycles. The zero-order valence-corrected chi connectivity index (χ0v) is 21.2. The third-order valence-electron chi connectivity index (χ3n) is 6.49. The lowest BCUT2D eigenvalue weighted by Crippen LogP contribution is -2.50. The average molecular weight is 497 g/mol. The molecule has 0 radical (unpaired) electrons. The zero-order chi connectivity index (χ0) is 25.2. The maximum Gasteiger partial charge on any atom is 0.253 e. The number of sulfonamides is 1. The molecule has 1 aliphatic carbocycles. The Hall–Kier alpha value is -2.86. The van der Waals surface area contributed by atoms with Gasteiger partial charge in [0.05, 0.1) is 13.2 Å². The van der Waals surface area contributed by atoms with Crippen molar-refractivity contribution in [3.05, 3.63) is 59.7 Å². The average Bonchev–Trinajstić information content (AvgIpc) is 3.69. The lowest BCUT2D eigenvalue weighted by atomic mass is 10.0. The molecule has 2 aliphatic rings. The predicted octanol–water partition coefficient (Wildman–Crippen LogP) is 2.99. The van der Waals surface area contributed by atoms with Crippen molar-refractivity contribution in [1.29, 1.82) is 0 Å². The zero-order valence-electron chi connectivity index (χ0n) is 20.3. The summed E-state index contributed by atoms with van der Waals surface area (Å²) in [6.07, 6.45) is 1.72. The van der Waals surface area contributed by atoms with E-state index < -0.39 is 22.2 Å². The van der Waals surface area contributed by atoms with E-state index in [1.165, 1.54) is 10.4 Å². The van der Waals surface area contributed by atoms with Crippen LogP contribution in [0.5, 0.6) is 5.75 Å². The predicted molar refractivity (Wildman–Crippen MR) is 133 cm³/mol. The number of hydrogen-bond acceptors (Lipinski definition) is 5. The molecule has 2 aromatic carbocycles. The smallest absolute Gasteiger partial charge is 0.253 e. The van der Waals surface area contributed by atoms with E-state index in [0.717, 1.165) is 12.8 Å². The van der Waals surface area contributed by atoms with Gasteiger partial charge in [-0.05, 0) is 50.1 Å². The number of carbonyl (C=O) groups excluding carboxylic acids is 1. The molecule has 2 aromatic rings. The first kappa shape index (κ1) is 25.2. The molecule has 1 aliphatic heterocycles. The number of ether oxygens (including phenoxy) is 1. The van der Waals surface area contributed by atoms with Crippen LogP contribution < -0.4 is 4.74 Å². The van der Waals surface area contributed by atoms with E-state index in [9.17, 15) is 18.3 Å². The molecule has 1 N–H and O–H groups in total. The van der Waals surface area contributed by atoms with Crippen LogP contribution in [-0.4, -0.2) is 67.5 Å². The van der Waals surface area contributed by atoms with E-state index in [1.54, 1.807) is 43.1 Å². The molecule has 186 valence electrons. The quantitative estimate of drug-likeness (QED) is 0.643. The Morgan fingerprint density at radius 1 is 1.23 bits per heavy atom. The molecule has 0 spiro atoms. The highest BCUT2D eigenvalue weighted by atomic mass is 32.2. The van der Waals surface area contributed by atoms with Crippen molar-refractivity contribution in [2.45, 2.75) is 43.7 Å². The molecule has 8 heteroatoms. The van der Waals surface area contributed by atoms with Gasteiger partial charge in [0.15, 0.2) is 0 Å². The van der Waals surface area contributed by atoms with Crippen LogP contribution in [0.25, 0.3) is 0 Å². The third-order valence-corrected chi connectivity index (χ3v) is 8.51. The summed E-state index contributed by atoms with van der Waals surface area (Å²) < 4.78 is 34.8. The van der Waals surface area contributed by atoms with E-state index >= 15 is 0 Å². The van der Waals surface area contributed by atoms with Gasteiger partial charge in [-0.3, -0.25) is 4.79 Å². The first-order valence-electron chi connectivity index (χ1n) is 12.0. The largest absolute Gasteiger partial charge is 0.487 e. The fraction of sp³-hybridized carbons (Fsp3) is 0.444. The molecule has 35 heavy (non-hydrogen) atoms. The maximum absolute atomic E-state index is 13.6. The molecular weight excluding hydrogens is 464 g/mol. The van der Waals surface area contributed by atoms with E-state index in [0.29, 0.717) is 17.0 Å². The summed E-state index contributed by atoms with van der Waals surface area (Å²) in [7, 11) is -2.20. The van der Waals surface area contributed by atoms with Gasteiger partial charge in [-0.1, -0.05) is 37.0 Å². The number of carbonyl (C=O) groups is 1. The number of benzene rings is 2. The fourth-order valence-electron chi connectivity index (χ4n) is 4.09. The molecule has 3 atom stereocenters. The van der Waals surface area contributed by atoms with Crippen molar-refractivity contribution < 1.29 is 23.1 Å². The summed E-state index contributed by atoms with van der Waals surface area (Å²) in [5.74, 6) is 6.57. The second-order valence-corrected chi connectivity index (χ2v) is 11.4. The third kappa shape index (κ3) is 5.69. The SMILES string of the molecule is C[C@H]1CN([C@@H](C)CO)S(=O)(=O)c2ccc(C#CC3CC3)cc2O[C@H]1CN(C)C(=O)c1ccccc1. The monoisotopic (exact) mass is 496 g/mol. The minimum Gasteiger partial charge on any atom is -0.487 e. The summed E-state index contributed by atoms with van der Waals surface area (Å²) in [4.78, 5) is 14.6. The van der Waals surface area contributed by atoms with Crippen molar-refractivity contribution in [1.82, 2.24) is 9.21 Å². The Morgan fingerprint density at radius 3 is 2.60 bits per heavy atom. The minimum atomic E-state index is -3.91. The number of aliphatic hydroxyl groups excluding tert-OH is 1. The second-order valence-electron chi connectivity index (χ2n) is 9.50. The van der Waals surface area contributed by atoms with Crippen LogP contribution in [-0.2, 0) is 10.0 Å². The van der Waals surface area contributed by atoms with Gasteiger partial charge in [-0.2, -0.15) is 4.31 Å². The number of rotatable bonds is 5. The van der Waals surface area contributed by atoms with Crippen molar-refractivity contribution in [2.75, 3.05) is 26.7 Å². The summed E-state index contributed by atoms with van der Waals surface area (Å²) >= 11 is 0. The molecule has 4 rings (SSSR count). The summed E-state index contributed by atoms with van der Waals surface area (Å²) in [5.41, 5.74) is 1.26. The normalized spacial score (nSPS) is 22.4. The standard InChI is InChI=1S/C27H32N2O5S/c1-19-16-29(20(2)18-30)35(32,33)26-14-13-22(12-11-21-9-10-21)15-24(26)34-25(19)17-28(3)27(31)23-7-5-4-6-8-23/h4-8,13-15,19-21,25,30H,9-10,16-18H2,1-3H3/t19-,20-,25-/m0/s1. The fourth-order valence-corrected chi connectivity index (χ4v) is 5.91. The molecule has 1 fully saturated rings. The van der Waals surface area contributed by atoms with Crippen LogP contribution >= 0.6 is 0 Å². The van der Waals surface area contributed by atoms with Gasteiger partial charge in [0.25, 0.3) is 5.91 Å². The van der Waals surface area contributed by atoms with E-state index in [-0.39, 0.29) is 42.2 Å². The molecule has 0 aromatic heterocycles. The van der Waals surface area contributed by atoms with Crippen LogP contribution in [0, 0.1) is 23.7 Å². The number of hydrogen-bond donors (Lipinski definition) is 1. The molecule has 0 bridgehead atoms. The van der Waals surface area contributed by atoms with Crippen LogP contribution in [0.1, 0.15) is 42.6 Å². The highest BCUT2D eigenvalue weighted by Gasteiger charge is 2.38. The van der Waals surface area contributed by atoms with Gasteiger partial charge >= 0.3 is 0 Å². The molecule has 0 unspecified atom stereocenters. The molecule has 1 amide bonds. The van der Waals surface area contributed by atoms with Gasteiger partial charge in [-0.15, -0.1) is 0 Å². The highest BCUT2D eigenvalue weighted by Crippen LogP contribution is 2.34. The Labute approximate surface area is 207 Å². The molecule has 1 heterocycles. The maximum atomic E-state index is 13.6. The van der Waals surface area contributed by atoms with E-state index in [1.807, 2.05) is 25.1 Å². The van der Waals surface area contributed by atoms with Gasteiger partial charge in [0, 0.05) is 42.6 Å². The van der Waals surface area contributed by atoms with Crippen molar-refractivity contribution in [3.63, 3.8) is 0 Å². The Morgan fingerprint density at radius 2 is 1.94 bits per heavy atom. The summed E-state index contributed by atoms with van der Waals surface area (Å²) in [5, 5.41) is 9.79. The lowest BCUT2D eigenvalue weighted by Gasteiger charge is -2.37. The Kier molecular flexibility index (Phi) is 7.50. The van der Waals surface area contributed by atoms with Gasteiger partial charge in [0.1, 0.15) is 16.7 Å². The summed E-state index contributed by atoms with van der Waals surface area (Å²) in [6.45, 7) is 3.71. The topological polar surface area (TPSA) is 87.2 Å². The van der Waals surface area contributed by atoms with Crippen molar-refractivity contribution in [2.24, 2.45) is 11.8 Å². The number of nitrogens with zero attached hydrogens (tertiary/aromatic N) is 2. The van der Waals surface area contributed by atoms with Crippen LogP contribution in [0.3, 0.4) is 0 Å². The number of amides is 1. The van der Waals surface area contributed by atoms with Gasteiger partial charge in [-0.25, -0.2) is 8.42 Å². The van der Waals surface area contributed by atoms with Crippen molar-refractivity contribution in [3.8, 4) is 17.6 Å². The van der Waals surface area contributed by atoms with Crippen molar-refractivity contribution >= 4 is 15.9 Å². The van der Waals surface area contributed by atoms with E-state index in [2.05, 4.69) is 11.8 Å². The Balaban J connectivity index is 1.69. The number of aliphatic hydroxyl groups is 1. The van der Waals surface area contributed by atoms with Crippen LogP contribution in [0.15, 0.2) is 53.4 Å². The van der Waals surface area contributed by atoms with E-state index in [4.69, 9.17) is 4.74 Å². The highest BCUT2D eigenvalue weighted by molar-refractivity contribution is 7.89. The second kappa shape index (κ2) is 10.4. The first-order chi connectivity index (χ1) is 16.7.